The molecule has 4 heteroatoms. The Labute approximate surface area is 93.9 Å². The van der Waals surface area contributed by atoms with Gasteiger partial charge in [-0.1, -0.05) is 0 Å². The standard InChI is InChI=1S/C11H16N2OS/c1-8(14)13-9-3-6-15-10(9)7-12-11(2)4-5-11/h3,6,12H,4-5,7H2,1-2H3,(H,13,14). The second-order valence-corrected chi connectivity index (χ2v) is 5.35. The highest BCUT2D eigenvalue weighted by atomic mass is 32.1. The van der Waals surface area contributed by atoms with Crippen LogP contribution in [0.1, 0.15) is 31.6 Å². The highest BCUT2D eigenvalue weighted by Crippen LogP contribution is 2.35. The van der Waals surface area contributed by atoms with Crippen LogP contribution in [0.4, 0.5) is 5.69 Å². The monoisotopic (exact) mass is 224 g/mol. The van der Waals surface area contributed by atoms with Gasteiger partial charge in [-0.25, -0.2) is 0 Å². The molecule has 0 aliphatic heterocycles. The van der Waals surface area contributed by atoms with Gasteiger partial charge in [0.2, 0.25) is 5.91 Å². The molecule has 1 amide bonds. The summed E-state index contributed by atoms with van der Waals surface area (Å²) in [6, 6.07) is 1.96. The Morgan fingerprint density at radius 1 is 1.60 bits per heavy atom. The van der Waals surface area contributed by atoms with Crippen molar-refractivity contribution in [1.29, 1.82) is 0 Å². The second-order valence-electron chi connectivity index (χ2n) is 4.35. The number of hydrogen-bond acceptors (Lipinski definition) is 3. The van der Waals surface area contributed by atoms with Crippen molar-refractivity contribution in [3.05, 3.63) is 16.3 Å². The van der Waals surface area contributed by atoms with Crippen molar-refractivity contribution in [2.24, 2.45) is 0 Å². The molecule has 2 N–H and O–H groups in total. The normalized spacial score (nSPS) is 17.5. The summed E-state index contributed by atoms with van der Waals surface area (Å²) < 4.78 is 0. The third-order valence-corrected chi connectivity index (χ3v) is 3.65. The molecule has 1 aliphatic carbocycles. The molecular weight excluding hydrogens is 208 g/mol. The minimum absolute atomic E-state index is 0.00714. The molecule has 0 radical (unpaired) electrons. The summed E-state index contributed by atoms with van der Waals surface area (Å²) in [6.07, 6.45) is 2.52. The molecule has 0 spiro atoms. The van der Waals surface area contributed by atoms with Crippen LogP contribution in [0.2, 0.25) is 0 Å². The van der Waals surface area contributed by atoms with E-state index in [0.717, 1.165) is 12.2 Å². The first-order valence-corrected chi connectivity index (χ1v) is 6.06. The minimum Gasteiger partial charge on any atom is -0.325 e. The number of carbonyl (C=O) groups excluding carboxylic acids is 1. The molecule has 0 unspecified atom stereocenters. The predicted octanol–water partition coefficient (Wildman–Crippen LogP) is 2.35. The van der Waals surface area contributed by atoms with Gasteiger partial charge in [0.05, 0.1) is 5.69 Å². The van der Waals surface area contributed by atoms with E-state index in [9.17, 15) is 4.79 Å². The molecule has 1 heterocycles. The lowest BCUT2D eigenvalue weighted by atomic mass is 10.3. The van der Waals surface area contributed by atoms with Gasteiger partial charge in [-0.2, -0.15) is 0 Å². The van der Waals surface area contributed by atoms with E-state index >= 15 is 0 Å². The lowest BCUT2D eigenvalue weighted by Gasteiger charge is -2.11. The Morgan fingerprint density at radius 3 is 2.93 bits per heavy atom. The molecule has 1 aromatic heterocycles. The van der Waals surface area contributed by atoms with Crippen LogP contribution >= 0.6 is 11.3 Å². The molecule has 3 nitrogen and oxygen atoms in total. The zero-order valence-electron chi connectivity index (χ0n) is 9.09. The Kier molecular flexibility index (Phi) is 2.80. The maximum Gasteiger partial charge on any atom is 0.221 e. The van der Waals surface area contributed by atoms with E-state index in [-0.39, 0.29) is 5.91 Å². The summed E-state index contributed by atoms with van der Waals surface area (Å²) >= 11 is 1.68. The smallest absolute Gasteiger partial charge is 0.221 e. The third-order valence-electron chi connectivity index (χ3n) is 2.73. The Morgan fingerprint density at radius 2 is 2.33 bits per heavy atom. The Hall–Kier alpha value is -0.870. The van der Waals surface area contributed by atoms with Crippen molar-refractivity contribution < 1.29 is 4.79 Å². The summed E-state index contributed by atoms with van der Waals surface area (Å²) in [5, 5.41) is 8.36. The molecule has 1 fully saturated rings. The van der Waals surface area contributed by atoms with Crippen molar-refractivity contribution in [3.63, 3.8) is 0 Å². The van der Waals surface area contributed by atoms with Crippen LogP contribution in [-0.2, 0) is 11.3 Å². The quantitative estimate of drug-likeness (QED) is 0.824. The van der Waals surface area contributed by atoms with Gasteiger partial charge < -0.3 is 10.6 Å². The summed E-state index contributed by atoms with van der Waals surface area (Å²) in [5.41, 5.74) is 1.29. The molecule has 0 atom stereocenters. The van der Waals surface area contributed by atoms with Crippen LogP contribution < -0.4 is 10.6 Å². The molecule has 0 aromatic carbocycles. The summed E-state index contributed by atoms with van der Waals surface area (Å²) in [4.78, 5) is 12.2. The van der Waals surface area contributed by atoms with Gasteiger partial charge in [0, 0.05) is 23.9 Å². The molecule has 0 bridgehead atoms. The zero-order chi connectivity index (χ0) is 10.9. The van der Waals surface area contributed by atoms with E-state index in [1.54, 1.807) is 11.3 Å². The van der Waals surface area contributed by atoms with Gasteiger partial charge in [-0.05, 0) is 31.2 Å². The Bertz CT molecular complexity index is 368. The van der Waals surface area contributed by atoms with Gasteiger partial charge in [0.15, 0.2) is 0 Å². The van der Waals surface area contributed by atoms with Crippen molar-refractivity contribution in [3.8, 4) is 0 Å². The van der Waals surface area contributed by atoms with Crippen LogP contribution in [0, 0.1) is 0 Å². The number of thiophene rings is 1. The molecule has 15 heavy (non-hydrogen) atoms. The van der Waals surface area contributed by atoms with Crippen molar-refractivity contribution in [2.45, 2.75) is 38.8 Å². The van der Waals surface area contributed by atoms with E-state index in [2.05, 4.69) is 17.6 Å². The fraction of sp³-hybridized carbons (Fsp3) is 0.545. The average molecular weight is 224 g/mol. The largest absolute Gasteiger partial charge is 0.325 e. The highest BCUT2D eigenvalue weighted by molar-refractivity contribution is 7.10. The summed E-state index contributed by atoms with van der Waals surface area (Å²) in [6.45, 7) is 4.62. The maximum absolute atomic E-state index is 10.9. The van der Waals surface area contributed by atoms with Crippen LogP contribution in [-0.4, -0.2) is 11.4 Å². The maximum atomic E-state index is 10.9. The molecular formula is C11H16N2OS. The molecule has 1 aromatic rings. The van der Waals surface area contributed by atoms with Gasteiger partial charge in [0.25, 0.3) is 0 Å². The van der Waals surface area contributed by atoms with E-state index in [1.807, 2.05) is 11.4 Å². The number of hydrogen-bond donors (Lipinski definition) is 2. The van der Waals surface area contributed by atoms with Crippen LogP contribution in [0.5, 0.6) is 0 Å². The molecule has 0 saturated heterocycles. The summed E-state index contributed by atoms with van der Waals surface area (Å²) in [5.74, 6) is -0.00714. The van der Waals surface area contributed by atoms with Crippen LogP contribution in [0.25, 0.3) is 0 Å². The van der Waals surface area contributed by atoms with E-state index in [4.69, 9.17) is 0 Å². The Balaban J connectivity index is 1.95. The SMILES string of the molecule is CC(=O)Nc1ccsc1CNC1(C)CC1. The molecule has 82 valence electrons. The summed E-state index contributed by atoms with van der Waals surface area (Å²) in [7, 11) is 0. The minimum atomic E-state index is -0.00714. The first-order valence-electron chi connectivity index (χ1n) is 5.18. The van der Waals surface area contributed by atoms with Gasteiger partial charge in [-0.15, -0.1) is 11.3 Å². The zero-order valence-corrected chi connectivity index (χ0v) is 9.91. The number of amides is 1. The van der Waals surface area contributed by atoms with Crippen molar-refractivity contribution in [1.82, 2.24) is 5.32 Å². The average Bonchev–Trinajstić information content (AvgIpc) is 2.74. The first kappa shape index (κ1) is 10.6. The van der Waals surface area contributed by atoms with Gasteiger partial charge >= 0.3 is 0 Å². The fourth-order valence-electron chi connectivity index (χ4n) is 1.44. The number of rotatable bonds is 4. The second kappa shape index (κ2) is 3.94. The van der Waals surface area contributed by atoms with Crippen molar-refractivity contribution >= 4 is 22.9 Å². The first-order chi connectivity index (χ1) is 7.09. The lowest BCUT2D eigenvalue weighted by molar-refractivity contribution is -0.114. The van der Waals surface area contributed by atoms with Gasteiger partial charge in [0.1, 0.15) is 0 Å². The predicted molar refractivity (Wildman–Crippen MR) is 63.1 cm³/mol. The molecule has 2 rings (SSSR count). The van der Waals surface area contributed by atoms with Crippen molar-refractivity contribution in [2.75, 3.05) is 5.32 Å². The topological polar surface area (TPSA) is 41.1 Å². The van der Waals surface area contributed by atoms with E-state index < -0.39 is 0 Å². The van der Waals surface area contributed by atoms with Crippen LogP contribution in [0.3, 0.4) is 0 Å². The van der Waals surface area contributed by atoms with E-state index in [1.165, 1.54) is 24.6 Å². The lowest BCUT2D eigenvalue weighted by Crippen LogP contribution is -2.27. The van der Waals surface area contributed by atoms with Crippen LogP contribution in [0.15, 0.2) is 11.4 Å². The molecule has 1 saturated carbocycles. The van der Waals surface area contributed by atoms with E-state index in [0.29, 0.717) is 5.54 Å². The highest BCUT2D eigenvalue weighted by Gasteiger charge is 2.36. The molecule has 1 aliphatic rings. The van der Waals surface area contributed by atoms with Gasteiger partial charge in [-0.3, -0.25) is 4.79 Å². The number of anilines is 1. The number of nitrogens with one attached hydrogen (secondary N) is 2. The third kappa shape index (κ3) is 2.79. The fourth-order valence-corrected chi connectivity index (χ4v) is 2.21. The number of carbonyl (C=O) groups is 1.